The van der Waals surface area contributed by atoms with Crippen molar-refractivity contribution >= 4 is 11.8 Å². The van der Waals surface area contributed by atoms with Gasteiger partial charge in [-0.15, -0.1) is 0 Å². The highest BCUT2D eigenvalue weighted by molar-refractivity contribution is 5.94. The van der Waals surface area contributed by atoms with E-state index in [0.717, 1.165) is 18.4 Å². The van der Waals surface area contributed by atoms with E-state index in [0.29, 0.717) is 37.6 Å². The van der Waals surface area contributed by atoms with Crippen LogP contribution < -0.4 is 11.1 Å². The summed E-state index contributed by atoms with van der Waals surface area (Å²) in [6.07, 6.45) is 1.52. The highest BCUT2D eigenvalue weighted by Crippen LogP contribution is 2.21. The monoisotopic (exact) mass is 359 g/mol. The van der Waals surface area contributed by atoms with E-state index in [1.165, 1.54) is 12.1 Å². The lowest BCUT2D eigenvalue weighted by Gasteiger charge is -2.31. The van der Waals surface area contributed by atoms with Crippen molar-refractivity contribution in [3.63, 3.8) is 0 Å². The zero-order chi connectivity index (χ0) is 18.5. The number of H-pyrrole nitrogens is 1. The minimum absolute atomic E-state index is 0.0652. The highest BCUT2D eigenvalue weighted by atomic mass is 19.1. The summed E-state index contributed by atoms with van der Waals surface area (Å²) in [6, 6.07) is 7.56. The van der Waals surface area contributed by atoms with Gasteiger partial charge in [-0.3, -0.25) is 14.7 Å². The standard InChI is InChI=1S/C18H22FN5O2/c19-14-5-3-12(4-6-14)15-10-16(23-22-15)18(26)24-9-1-2-13(11-24)17(25)21-8-7-20/h3-6,10,13H,1-2,7-9,11,20H2,(H,21,25)(H,22,23). The number of carbonyl (C=O) groups excluding carboxylic acids is 2. The third-order valence-corrected chi connectivity index (χ3v) is 4.47. The molecule has 1 aromatic carbocycles. The van der Waals surface area contributed by atoms with Crippen LogP contribution in [0.15, 0.2) is 30.3 Å². The van der Waals surface area contributed by atoms with Crippen molar-refractivity contribution < 1.29 is 14.0 Å². The van der Waals surface area contributed by atoms with Crippen molar-refractivity contribution in [1.29, 1.82) is 0 Å². The smallest absolute Gasteiger partial charge is 0.271 e. The molecule has 138 valence electrons. The number of nitrogens with one attached hydrogen (secondary N) is 2. The first-order valence-electron chi connectivity index (χ1n) is 8.67. The highest BCUT2D eigenvalue weighted by Gasteiger charge is 2.29. The Morgan fingerprint density at radius 2 is 2.12 bits per heavy atom. The van der Waals surface area contributed by atoms with Crippen molar-refractivity contribution in [2.75, 3.05) is 26.2 Å². The average Bonchev–Trinajstić information content (AvgIpc) is 3.16. The number of aromatic amines is 1. The van der Waals surface area contributed by atoms with Crippen molar-refractivity contribution in [3.8, 4) is 11.3 Å². The lowest BCUT2D eigenvalue weighted by molar-refractivity contribution is -0.126. The molecule has 1 aliphatic heterocycles. The molecule has 8 heteroatoms. The van der Waals surface area contributed by atoms with Gasteiger partial charge in [0.2, 0.25) is 5.91 Å². The number of hydrogen-bond acceptors (Lipinski definition) is 4. The predicted octanol–water partition coefficient (Wildman–Crippen LogP) is 1.14. The number of hydrogen-bond donors (Lipinski definition) is 3. The number of aromatic nitrogens is 2. The first-order valence-corrected chi connectivity index (χ1v) is 8.67. The van der Waals surface area contributed by atoms with Crippen LogP contribution in [0.5, 0.6) is 0 Å². The van der Waals surface area contributed by atoms with Crippen molar-refractivity contribution in [3.05, 3.63) is 41.8 Å². The van der Waals surface area contributed by atoms with Crippen LogP contribution in [0.4, 0.5) is 4.39 Å². The van der Waals surface area contributed by atoms with E-state index in [1.807, 2.05) is 0 Å². The fourth-order valence-corrected chi connectivity index (χ4v) is 3.09. The van der Waals surface area contributed by atoms with Gasteiger partial charge < -0.3 is 16.0 Å². The second-order valence-corrected chi connectivity index (χ2v) is 6.34. The van der Waals surface area contributed by atoms with Gasteiger partial charge in [-0.05, 0) is 43.2 Å². The van der Waals surface area contributed by atoms with Crippen molar-refractivity contribution in [1.82, 2.24) is 20.4 Å². The molecule has 4 N–H and O–H groups in total. The summed E-state index contributed by atoms with van der Waals surface area (Å²) in [5.74, 6) is -0.807. The van der Waals surface area contributed by atoms with Gasteiger partial charge in [0.15, 0.2) is 0 Å². The molecule has 0 spiro atoms. The summed E-state index contributed by atoms with van der Waals surface area (Å²) in [4.78, 5) is 26.5. The number of rotatable bonds is 5. The third-order valence-electron chi connectivity index (χ3n) is 4.47. The first kappa shape index (κ1) is 18.1. The molecule has 26 heavy (non-hydrogen) atoms. The summed E-state index contributed by atoms with van der Waals surface area (Å²) in [5.41, 5.74) is 7.05. The molecule has 2 heterocycles. The molecule has 0 aliphatic carbocycles. The molecule has 7 nitrogen and oxygen atoms in total. The van der Waals surface area contributed by atoms with Crippen LogP contribution in [-0.4, -0.2) is 53.1 Å². The normalized spacial score (nSPS) is 17.2. The fourth-order valence-electron chi connectivity index (χ4n) is 3.09. The predicted molar refractivity (Wildman–Crippen MR) is 94.7 cm³/mol. The Morgan fingerprint density at radius 1 is 1.35 bits per heavy atom. The second kappa shape index (κ2) is 8.09. The van der Waals surface area contributed by atoms with Gasteiger partial charge in [-0.25, -0.2) is 4.39 Å². The molecule has 0 bridgehead atoms. The van der Waals surface area contributed by atoms with Crippen molar-refractivity contribution in [2.45, 2.75) is 12.8 Å². The Morgan fingerprint density at radius 3 is 2.85 bits per heavy atom. The SMILES string of the molecule is NCCNC(=O)C1CCCN(C(=O)c2cc(-c3ccc(F)cc3)n[nH]2)C1. The first-order chi connectivity index (χ1) is 12.6. The quantitative estimate of drug-likeness (QED) is 0.745. The number of benzene rings is 1. The number of likely N-dealkylation sites (tertiary alicyclic amines) is 1. The average molecular weight is 359 g/mol. The van der Waals surface area contributed by atoms with Crippen LogP contribution in [0.1, 0.15) is 23.3 Å². The minimum Gasteiger partial charge on any atom is -0.355 e. The Kier molecular flexibility index (Phi) is 5.62. The maximum Gasteiger partial charge on any atom is 0.271 e. The van der Waals surface area contributed by atoms with Crippen LogP contribution in [0.25, 0.3) is 11.3 Å². The lowest BCUT2D eigenvalue weighted by Crippen LogP contribution is -2.46. The van der Waals surface area contributed by atoms with Crippen LogP contribution in [0.2, 0.25) is 0 Å². The Labute approximate surface area is 150 Å². The van der Waals surface area contributed by atoms with Gasteiger partial charge in [0.1, 0.15) is 11.5 Å². The maximum absolute atomic E-state index is 13.0. The van der Waals surface area contributed by atoms with E-state index in [9.17, 15) is 14.0 Å². The number of amides is 2. The zero-order valence-electron chi connectivity index (χ0n) is 14.4. The van der Waals surface area contributed by atoms with Crippen LogP contribution in [-0.2, 0) is 4.79 Å². The Balaban J connectivity index is 1.67. The molecule has 3 rings (SSSR count). The minimum atomic E-state index is -0.326. The van der Waals surface area contributed by atoms with E-state index in [-0.39, 0.29) is 23.5 Å². The molecule has 0 saturated carbocycles. The molecule has 2 aromatic rings. The molecule has 1 aliphatic rings. The van der Waals surface area contributed by atoms with Crippen LogP contribution in [0.3, 0.4) is 0 Å². The topological polar surface area (TPSA) is 104 Å². The van der Waals surface area contributed by atoms with E-state index in [4.69, 9.17) is 5.73 Å². The molecule has 0 radical (unpaired) electrons. The summed E-state index contributed by atoms with van der Waals surface area (Å²) < 4.78 is 13.0. The molecule has 1 saturated heterocycles. The van der Waals surface area contributed by atoms with E-state index >= 15 is 0 Å². The second-order valence-electron chi connectivity index (χ2n) is 6.34. The van der Waals surface area contributed by atoms with Gasteiger partial charge in [0.25, 0.3) is 5.91 Å². The van der Waals surface area contributed by atoms with Gasteiger partial charge in [0, 0.05) is 31.7 Å². The Bertz CT molecular complexity index is 774. The molecular weight excluding hydrogens is 337 g/mol. The van der Waals surface area contributed by atoms with Crippen LogP contribution >= 0.6 is 0 Å². The fraction of sp³-hybridized carbons (Fsp3) is 0.389. The number of nitrogens with two attached hydrogens (primary N) is 1. The summed E-state index contributed by atoms with van der Waals surface area (Å²) in [6.45, 7) is 1.80. The lowest BCUT2D eigenvalue weighted by atomic mass is 9.97. The Hall–Kier alpha value is -2.74. The molecule has 1 unspecified atom stereocenters. The largest absolute Gasteiger partial charge is 0.355 e. The molecule has 2 amide bonds. The maximum atomic E-state index is 13.0. The number of nitrogens with zero attached hydrogens (tertiary/aromatic N) is 2. The zero-order valence-corrected chi connectivity index (χ0v) is 14.4. The summed E-state index contributed by atoms with van der Waals surface area (Å²) in [5, 5.41) is 9.66. The van der Waals surface area contributed by atoms with Gasteiger partial charge in [0.05, 0.1) is 11.6 Å². The van der Waals surface area contributed by atoms with Crippen molar-refractivity contribution in [2.24, 2.45) is 11.7 Å². The molecule has 1 atom stereocenters. The molecular formula is C18H22FN5O2. The van der Waals surface area contributed by atoms with E-state index < -0.39 is 0 Å². The third kappa shape index (κ3) is 4.08. The number of carbonyl (C=O) groups is 2. The number of piperidine rings is 1. The van der Waals surface area contributed by atoms with E-state index in [1.54, 1.807) is 23.1 Å². The molecule has 1 fully saturated rings. The van der Waals surface area contributed by atoms with E-state index in [2.05, 4.69) is 15.5 Å². The van der Waals surface area contributed by atoms with Gasteiger partial charge >= 0.3 is 0 Å². The number of halogens is 1. The summed E-state index contributed by atoms with van der Waals surface area (Å²) >= 11 is 0. The van der Waals surface area contributed by atoms with Gasteiger partial charge in [-0.2, -0.15) is 5.10 Å². The van der Waals surface area contributed by atoms with Gasteiger partial charge in [-0.1, -0.05) is 0 Å². The molecule has 1 aromatic heterocycles. The summed E-state index contributed by atoms with van der Waals surface area (Å²) in [7, 11) is 0. The van der Waals surface area contributed by atoms with Crippen LogP contribution in [0, 0.1) is 11.7 Å².